The summed E-state index contributed by atoms with van der Waals surface area (Å²) in [4.78, 5) is 70.3. The molecule has 2 heterocycles. The van der Waals surface area contributed by atoms with Crippen molar-refractivity contribution in [3.05, 3.63) is 72.4 Å². The Morgan fingerprint density at radius 3 is 2.21 bits per heavy atom. The Bertz CT molecular complexity index is 1450. The van der Waals surface area contributed by atoms with Crippen molar-refractivity contribution in [2.75, 3.05) is 44.3 Å². The summed E-state index contributed by atoms with van der Waals surface area (Å²) in [5, 5.41) is 5.61. The number of piperazine rings is 1. The summed E-state index contributed by atoms with van der Waals surface area (Å²) >= 11 is 0. The summed E-state index contributed by atoms with van der Waals surface area (Å²) < 4.78 is 17.2. The number of nitrogens with one attached hydrogen (secondary N) is 2. The van der Waals surface area contributed by atoms with Crippen molar-refractivity contribution < 1.29 is 33.5 Å². The van der Waals surface area contributed by atoms with E-state index in [4.69, 9.17) is 4.74 Å². The highest BCUT2D eigenvalue weighted by molar-refractivity contribution is 7.51. The molecule has 0 saturated carbocycles. The van der Waals surface area contributed by atoms with Crippen LogP contribution in [0.1, 0.15) is 30.3 Å². The number of ether oxygens (including phenoxy) is 1. The molecule has 1 unspecified atom stereocenters. The first kappa shape index (κ1) is 31.6. The van der Waals surface area contributed by atoms with E-state index in [0.29, 0.717) is 18.0 Å². The van der Waals surface area contributed by atoms with Gasteiger partial charge in [-0.15, -0.1) is 0 Å². The summed E-state index contributed by atoms with van der Waals surface area (Å²) in [6.07, 6.45) is 0.258. The van der Waals surface area contributed by atoms with E-state index < -0.39 is 37.7 Å². The second-order valence-corrected chi connectivity index (χ2v) is 11.7. The van der Waals surface area contributed by atoms with Gasteiger partial charge in [0.15, 0.2) is 5.82 Å². The van der Waals surface area contributed by atoms with Crippen LogP contribution in [0.25, 0.3) is 11.4 Å². The van der Waals surface area contributed by atoms with Crippen LogP contribution in [-0.4, -0.2) is 92.5 Å². The summed E-state index contributed by atoms with van der Waals surface area (Å²) in [5.41, 5.74) is 1.26. The third-order valence-corrected chi connectivity index (χ3v) is 7.47. The molecule has 228 valence electrons. The summed E-state index contributed by atoms with van der Waals surface area (Å²) in [6.45, 7) is 2.90. The Hall–Kier alpha value is -4.32. The average molecular weight is 611 g/mol. The number of unbranched alkanes of at least 4 members (excludes halogenated alkanes) is 1. The second-order valence-electron chi connectivity index (χ2n) is 9.97. The van der Waals surface area contributed by atoms with Crippen LogP contribution >= 0.6 is 7.60 Å². The number of anilines is 2. The van der Waals surface area contributed by atoms with Gasteiger partial charge in [-0.25, -0.2) is 14.8 Å². The van der Waals surface area contributed by atoms with Crippen molar-refractivity contribution in [2.24, 2.45) is 0 Å². The Balaban J connectivity index is 1.52. The van der Waals surface area contributed by atoms with E-state index in [9.17, 15) is 28.7 Å². The van der Waals surface area contributed by atoms with Crippen molar-refractivity contribution in [1.29, 1.82) is 0 Å². The van der Waals surface area contributed by atoms with Crippen molar-refractivity contribution in [3.8, 4) is 11.4 Å². The highest BCUT2D eigenvalue weighted by Gasteiger charge is 2.35. The maximum absolute atomic E-state index is 13.5. The predicted molar refractivity (Wildman–Crippen MR) is 160 cm³/mol. The third kappa shape index (κ3) is 9.34. The van der Waals surface area contributed by atoms with Gasteiger partial charge in [-0.05, 0) is 18.6 Å². The number of carbonyl (C=O) groups excluding carboxylic acids is 3. The number of hydrogen-bond donors (Lipinski definition) is 4. The van der Waals surface area contributed by atoms with Gasteiger partial charge in [-0.1, -0.05) is 61.9 Å². The number of carbonyl (C=O) groups is 3. The number of aromatic nitrogens is 2. The number of amides is 3. The van der Waals surface area contributed by atoms with Gasteiger partial charge in [0.1, 0.15) is 17.6 Å². The molecule has 43 heavy (non-hydrogen) atoms. The fraction of sp³-hybridized carbons (Fsp3) is 0.345. The number of rotatable bonds is 11. The largest absolute Gasteiger partial charge is 0.449 e. The Morgan fingerprint density at radius 1 is 0.953 bits per heavy atom. The lowest BCUT2D eigenvalue weighted by molar-refractivity contribution is -0.134. The van der Waals surface area contributed by atoms with Crippen LogP contribution in [-0.2, 0) is 14.1 Å². The average Bonchev–Trinajstić information content (AvgIpc) is 3.00. The van der Waals surface area contributed by atoms with Crippen LogP contribution in [0.2, 0.25) is 0 Å². The highest BCUT2D eigenvalue weighted by Crippen LogP contribution is 2.35. The van der Waals surface area contributed by atoms with E-state index in [2.05, 4.69) is 20.6 Å². The molecular weight excluding hydrogens is 575 g/mol. The summed E-state index contributed by atoms with van der Waals surface area (Å²) in [6, 6.07) is 18.0. The first-order valence-corrected chi connectivity index (χ1v) is 15.7. The zero-order valence-electron chi connectivity index (χ0n) is 23.8. The molecule has 14 heteroatoms. The fourth-order valence-electron chi connectivity index (χ4n) is 4.39. The maximum Gasteiger partial charge on any atom is 0.409 e. The van der Waals surface area contributed by atoms with E-state index in [1.54, 1.807) is 24.3 Å². The molecule has 0 radical (unpaired) electrons. The molecule has 1 aliphatic rings. The van der Waals surface area contributed by atoms with Crippen LogP contribution in [0.15, 0.2) is 66.7 Å². The van der Waals surface area contributed by atoms with Crippen LogP contribution in [0.4, 0.5) is 16.3 Å². The number of nitrogens with zero attached hydrogens (tertiary/aromatic N) is 4. The Kier molecular flexibility index (Phi) is 10.8. The molecule has 2 aromatic carbocycles. The molecule has 1 atom stereocenters. The summed E-state index contributed by atoms with van der Waals surface area (Å²) in [7, 11) is -4.72. The quantitative estimate of drug-likeness (QED) is 0.186. The van der Waals surface area contributed by atoms with Gasteiger partial charge in [0.05, 0.1) is 12.8 Å². The van der Waals surface area contributed by atoms with Gasteiger partial charge < -0.3 is 35.0 Å². The monoisotopic (exact) mass is 610 g/mol. The minimum absolute atomic E-state index is 0.101. The smallest absolute Gasteiger partial charge is 0.409 e. The third-order valence-electron chi connectivity index (χ3n) is 6.63. The first-order chi connectivity index (χ1) is 20.6. The highest BCUT2D eigenvalue weighted by atomic mass is 31.2. The number of hydrogen-bond acceptors (Lipinski definition) is 8. The van der Waals surface area contributed by atoms with Crippen molar-refractivity contribution in [2.45, 2.75) is 25.8 Å². The lowest BCUT2D eigenvalue weighted by atomic mass is 10.2. The molecule has 4 rings (SSSR count). The maximum atomic E-state index is 13.5. The molecule has 4 N–H and O–H groups in total. The van der Waals surface area contributed by atoms with Crippen LogP contribution in [0, 0.1) is 0 Å². The Morgan fingerprint density at radius 2 is 1.58 bits per heavy atom. The summed E-state index contributed by atoms with van der Waals surface area (Å²) in [5.74, 6) is -0.923. The standard InChI is InChI=1S/C29H35N6O7P/c1-2-3-18-42-29(38)35-16-14-34(15-17-35)28(37)24(20-43(39,40)41)32-27(36)23-19-25(30-22-12-8-5-9-13-22)33-26(31-23)21-10-6-4-7-11-21/h4-13,19,24H,2-3,14-18,20H2,1H3,(H,32,36)(H,30,31,33)(H2,39,40,41). The molecule has 13 nitrogen and oxygen atoms in total. The molecular formula is C29H35N6O7P. The van der Waals surface area contributed by atoms with E-state index in [-0.39, 0.29) is 37.7 Å². The van der Waals surface area contributed by atoms with Gasteiger partial charge in [-0.3, -0.25) is 14.2 Å². The normalized spacial score (nSPS) is 14.1. The zero-order chi connectivity index (χ0) is 30.8. The molecule has 0 aliphatic carbocycles. The topological polar surface area (TPSA) is 174 Å². The molecule has 0 bridgehead atoms. The predicted octanol–water partition coefficient (Wildman–Crippen LogP) is 3.24. The van der Waals surface area contributed by atoms with E-state index in [1.807, 2.05) is 43.3 Å². The minimum atomic E-state index is -4.72. The fourth-order valence-corrected chi connectivity index (χ4v) is 5.12. The van der Waals surface area contributed by atoms with E-state index in [0.717, 1.165) is 18.5 Å². The van der Waals surface area contributed by atoms with Crippen molar-refractivity contribution >= 4 is 37.0 Å². The molecule has 3 amide bonds. The number of para-hydroxylation sites is 1. The Labute approximate surface area is 249 Å². The van der Waals surface area contributed by atoms with Crippen LogP contribution in [0.3, 0.4) is 0 Å². The lowest BCUT2D eigenvalue weighted by Crippen LogP contribution is -2.56. The second kappa shape index (κ2) is 14.7. The molecule has 1 fully saturated rings. The van der Waals surface area contributed by atoms with Gasteiger partial charge in [0, 0.05) is 43.5 Å². The van der Waals surface area contributed by atoms with Crippen LogP contribution in [0.5, 0.6) is 0 Å². The lowest BCUT2D eigenvalue weighted by Gasteiger charge is -2.36. The van der Waals surface area contributed by atoms with Gasteiger partial charge in [0.25, 0.3) is 5.91 Å². The van der Waals surface area contributed by atoms with E-state index >= 15 is 0 Å². The van der Waals surface area contributed by atoms with Gasteiger partial charge >= 0.3 is 13.7 Å². The van der Waals surface area contributed by atoms with Gasteiger partial charge in [0.2, 0.25) is 5.91 Å². The van der Waals surface area contributed by atoms with Gasteiger partial charge in [-0.2, -0.15) is 0 Å². The SMILES string of the molecule is CCCCOC(=O)N1CCN(C(=O)C(CP(=O)(O)O)NC(=O)c2cc(Nc3ccccc3)nc(-c3ccccc3)n2)CC1. The minimum Gasteiger partial charge on any atom is -0.449 e. The van der Waals surface area contributed by atoms with Crippen molar-refractivity contribution in [1.82, 2.24) is 25.1 Å². The molecule has 3 aromatic rings. The molecule has 1 aromatic heterocycles. The molecule has 0 spiro atoms. The molecule has 1 saturated heterocycles. The van der Waals surface area contributed by atoms with E-state index in [1.165, 1.54) is 15.9 Å². The zero-order valence-corrected chi connectivity index (χ0v) is 24.7. The first-order valence-electron chi connectivity index (χ1n) is 14.0. The van der Waals surface area contributed by atoms with Crippen molar-refractivity contribution in [3.63, 3.8) is 0 Å². The van der Waals surface area contributed by atoms with Crippen LogP contribution < -0.4 is 10.6 Å². The molecule has 1 aliphatic heterocycles. The number of benzene rings is 2.